The van der Waals surface area contributed by atoms with E-state index >= 15 is 0 Å². The van der Waals surface area contributed by atoms with Gasteiger partial charge in [0.1, 0.15) is 11.5 Å². The molecule has 1 aromatic rings. The van der Waals surface area contributed by atoms with Gasteiger partial charge >= 0.3 is 0 Å². The summed E-state index contributed by atoms with van der Waals surface area (Å²) < 4.78 is 0. The summed E-state index contributed by atoms with van der Waals surface area (Å²) in [6, 6.07) is 0. The van der Waals surface area contributed by atoms with Gasteiger partial charge in [-0.1, -0.05) is 6.08 Å². The van der Waals surface area contributed by atoms with Crippen molar-refractivity contribution in [3.8, 4) is 0 Å². The molecule has 0 unspecified atom stereocenters. The summed E-state index contributed by atoms with van der Waals surface area (Å²) in [6.45, 7) is 3.40. The Morgan fingerprint density at radius 1 is 1.20 bits per heavy atom. The molecule has 1 N–H and O–H groups in total. The second kappa shape index (κ2) is 3.61. The van der Waals surface area contributed by atoms with Gasteiger partial charge in [0.2, 0.25) is 0 Å². The van der Waals surface area contributed by atoms with Crippen LogP contribution >= 0.6 is 0 Å². The fraction of sp³-hybridized carbons (Fsp3) is 0.545. The normalized spacial score (nSPS) is 20.5. The van der Waals surface area contributed by atoms with Crippen LogP contribution < -0.4 is 9.80 Å². The van der Waals surface area contributed by atoms with Crippen molar-refractivity contribution in [3.05, 3.63) is 18.5 Å². The van der Waals surface area contributed by atoms with Crippen LogP contribution in [0.25, 0.3) is 0 Å². The third-order valence-corrected chi connectivity index (χ3v) is 3.15. The molecule has 4 heteroatoms. The van der Waals surface area contributed by atoms with Crippen molar-refractivity contribution >= 4 is 11.5 Å². The smallest absolute Gasteiger partial charge is 0.148 e. The lowest BCUT2D eigenvalue weighted by Gasteiger charge is -2.21. The number of hydrogen-bond acceptors (Lipinski definition) is 3. The zero-order valence-electron chi connectivity index (χ0n) is 8.82. The summed E-state index contributed by atoms with van der Waals surface area (Å²) in [6.07, 6.45) is 10.0. The van der Waals surface area contributed by atoms with Gasteiger partial charge in [0.15, 0.2) is 0 Å². The van der Waals surface area contributed by atoms with E-state index in [1.54, 1.807) is 0 Å². The van der Waals surface area contributed by atoms with Crippen molar-refractivity contribution in [1.82, 2.24) is 10.2 Å². The molecule has 2 aliphatic heterocycles. The first-order chi connectivity index (χ1) is 7.45. The maximum absolute atomic E-state index is 4.17. The highest BCUT2D eigenvalue weighted by atomic mass is 15.3. The van der Waals surface area contributed by atoms with E-state index < -0.39 is 0 Å². The fourth-order valence-corrected chi connectivity index (χ4v) is 2.35. The van der Waals surface area contributed by atoms with Gasteiger partial charge in [0, 0.05) is 25.8 Å². The Bertz CT molecular complexity index is 362. The second-order valence-corrected chi connectivity index (χ2v) is 4.16. The number of aromatic nitrogens is 2. The summed E-state index contributed by atoms with van der Waals surface area (Å²) in [5, 5.41) is 7.29. The topological polar surface area (TPSA) is 35.2 Å². The summed E-state index contributed by atoms with van der Waals surface area (Å²) >= 11 is 0. The predicted molar refractivity (Wildman–Crippen MR) is 61.1 cm³/mol. The number of nitrogens with zero attached hydrogens (tertiary/aromatic N) is 3. The quantitative estimate of drug-likeness (QED) is 0.797. The predicted octanol–water partition coefficient (Wildman–Crippen LogP) is 1.73. The summed E-state index contributed by atoms with van der Waals surface area (Å²) in [5.41, 5.74) is 1.23. The summed E-state index contributed by atoms with van der Waals surface area (Å²) in [5.74, 6) is 1.19. The molecule has 3 heterocycles. The number of anilines is 2. The van der Waals surface area contributed by atoms with Crippen molar-refractivity contribution in [2.45, 2.75) is 19.3 Å². The van der Waals surface area contributed by atoms with E-state index in [4.69, 9.17) is 0 Å². The van der Waals surface area contributed by atoms with E-state index in [1.807, 2.05) is 6.20 Å². The molecule has 0 spiro atoms. The Kier molecular flexibility index (Phi) is 2.12. The first kappa shape index (κ1) is 8.83. The number of aromatic amines is 1. The van der Waals surface area contributed by atoms with E-state index in [1.165, 1.54) is 24.3 Å². The van der Waals surface area contributed by atoms with Crippen molar-refractivity contribution in [3.63, 3.8) is 0 Å². The summed E-state index contributed by atoms with van der Waals surface area (Å²) in [7, 11) is 0. The molecule has 15 heavy (non-hydrogen) atoms. The number of H-pyrrole nitrogens is 1. The Labute approximate surface area is 89.6 Å². The molecule has 4 nitrogen and oxygen atoms in total. The molecule has 80 valence electrons. The molecule has 1 fully saturated rings. The minimum atomic E-state index is 1.08. The molecule has 0 aliphatic carbocycles. The maximum atomic E-state index is 4.17. The molecule has 0 amide bonds. The first-order valence-corrected chi connectivity index (χ1v) is 5.67. The van der Waals surface area contributed by atoms with E-state index in [0.717, 1.165) is 26.1 Å². The number of nitrogens with one attached hydrogen (secondary N) is 1. The molecule has 0 atom stereocenters. The van der Waals surface area contributed by atoms with Crippen molar-refractivity contribution in [1.29, 1.82) is 0 Å². The molecule has 1 aromatic heterocycles. The Balaban J connectivity index is 1.87. The number of hydrogen-bond donors (Lipinski definition) is 1. The van der Waals surface area contributed by atoms with Crippen LogP contribution in [0.3, 0.4) is 0 Å². The second-order valence-electron chi connectivity index (χ2n) is 4.16. The Morgan fingerprint density at radius 2 is 2.07 bits per heavy atom. The first-order valence-electron chi connectivity index (χ1n) is 5.67. The minimum absolute atomic E-state index is 1.08. The molecule has 0 bridgehead atoms. The van der Waals surface area contributed by atoms with Gasteiger partial charge in [0.05, 0.1) is 6.20 Å². The van der Waals surface area contributed by atoms with E-state index in [2.05, 4.69) is 32.3 Å². The zero-order chi connectivity index (χ0) is 10.1. The van der Waals surface area contributed by atoms with Crippen LogP contribution in [0.2, 0.25) is 0 Å². The van der Waals surface area contributed by atoms with Gasteiger partial charge in [-0.2, -0.15) is 5.10 Å². The van der Waals surface area contributed by atoms with Crippen LogP contribution in [0, 0.1) is 0 Å². The molecule has 0 saturated carbocycles. The monoisotopic (exact) mass is 204 g/mol. The molecule has 2 aliphatic rings. The molecule has 3 rings (SSSR count). The highest BCUT2D eigenvalue weighted by Gasteiger charge is 2.20. The van der Waals surface area contributed by atoms with Crippen LogP contribution in [0.15, 0.2) is 18.5 Å². The van der Waals surface area contributed by atoms with Crippen LogP contribution in [-0.2, 0) is 0 Å². The van der Waals surface area contributed by atoms with E-state index in [9.17, 15) is 0 Å². The fourth-order valence-electron chi connectivity index (χ4n) is 2.35. The van der Waals surface area contributed by atoms with Crippen LogP contribution in [0.5, 0.6) is 0 Å². The largest absolute Gasteiger partial charge is 0.355 e. The van der Waals surface area contributed by atoms with Crippen molar-refractivity contribution in [2.24, 2.45) is 0 Å². The molecule has 0 radical (unpaired) electrons. The Morgan fingerprint density at radius 3 is 2.80 bits per heavy atom. The van der Waals surface area contributed by atoms with Gasteiger partial charge in [-0.25, -0.2) is 0 Å². The average molecular weight is 204 g/mol. The molecule has 1 saturated heterocycles. The summed E-state index contributed by atoms with van der Waals surface area (Å²) in [4.78, 5) is 4.67. The maximum Gasteiger partial charge on any atom is 0.148 e. The lowest BCUT2D eigenvalue weighted by Crippen LogP contribution is -2.22. The zero-order valence-corrected chi connectivity index (χ0v) is 8.82. The minimum Gasteiger partial charge on any atom is -0.355 e. The van der Waals surface area contributed by atoms with Gasteiger partial charge in [-0.15, -0.1) is 0 Å². The molecular weight excluding hydrogens is 188 g/mol. The third-order valence-electron chi connectivity index (χ3n) is 3.15. The standard InChI is InChI=1S/C11H16N4/c1-2-6-14(5-1)10-9-12-13-11(10)15-7-3-4-8-15/h1,5,9H,2-4,6-8H2,(H,12,13). The van der Waals surface area contributed by atoms with Crippen LogP contribution in [0.4, 0.5) is 11.5 Å². The molecule has 0 aromatic carbocycles. The van der Waals surface area contributed by atoms with E-state index in [0.29, 0.717) is 0 Å². The third kappa shape index (κ3) is 1.50. The van der Waals surface area contributed by atoms with Gasteiger partial charge in [-0.05, 0) is 19.3 Å². The van der Waals surface area contributed by atoms with E-state index in [-0.39, 0.29) is 0 Å². The lowest BCUT2D eigenvalue weighted by molar-refractivity contribution is 0.912. The van der Waals surface area contributed by atoms with Crippen LogP contribution in [0.1, 0.15) is 19.3 Å². The van der Waals surface area contributed by atoms with Gasteiger partial charge < -0.3 is 9.80 Å². The average Bonchev–Trinajstić information content (AvgIpc) is 3.01. The van der Waals surface area contributed by atoms with Crippen molar-refractivity contribution < 1.29 is 0 Å². The van der Waals surface area contributed by atoms with Crippen LogP contribution in [-0.4, -0.2) is 29.8 Å². The van der Waals surface area contributed by atoms with Gasteiger partial charge in [-0.3, -0.25) is 5.10 Å². The lowest BCUT2D eigenvalue weighted by atomic mass is 10.4. The van der Waals surface area contributed by atoms with Crippen molar-refractivity contribution in [2.75, 3.05) is 29.4 Å². The highest BCUT2D eigenvalue weighted by molar-refractivity contribution is 5.68. The number of rotatable bonds is 2. The highest BCUT2D eigenvalue weighted by Crippen LogP contribution is 2.30. The molecular formula is C11H16N4. The SMILES string of the molecule is C1=CN(c2cn[nH]c2N2CCCC2)CC1. The Hall–Kier alpha value is -1.45. The van der Waals surface area contributed by atoms with Gasteiger partial charge in [0.25, 0.3) is 0 Å².